The predicted octanol–water partition coefficient (Wildman–Crippen LogP) is 4.01. The molecule has 0 aliphatic heterocycles. The predicted molar refractivity (Wildman–Crippen MR) is 90.4 cm³/mol. The number of thioether (sulfide) groups is 1. The Kier molecular flexibility index (Phi) is 4.54. The maximum Gasteiger partial charge on any atom is 0.228 e. The number of nitrogens with zero attached hydrogens (tertiary/aromatic N) is 1. The second-order valence-corrected chi connectivity index (χ2v) is 6.29. The number of carbonyl (C=O) groups is 1. The van der Waals surface area contributed by atoms with Gasteiger partial charge < -0.3 is 10.1 Å². The molecule has 1 amide bonds. The molecule has 2 aromatic carbocycles. The number of nitriles is 1. The standard InChI is InChI=1S/C18H16N2O2S/c1-22-14-6-2-12(3-7-14)16-10-17(16)18(21)20-13-4-8-15(9-5-13)23-11-19/h2-9,16-17H,10H2,1H3,(H,20,21). The molecule has 0 heterocycles. The molecule has 1 N–H and O–H groups in total. The highest BCUT2D eigenvalue weighted by Gasteiger charge is 2.43. The van der Waals surface area contributed by atoms with E-state index in [0.717, 1.165) is 34.5 Å². The average Bonchev–Trinajstić information content (AvgIpc) is 3.38. The maximum absolute atomic E-state index is 12.3. The zero-order valence-electron chi connectivity index (χ0n) is 12.7. The minimum Gasteiger partial charge on any atom is -0.497 e. The number of anilines is 1. The first kappa shape index (κ1) is 15.4. The summed E-state index contributed by atoms with van der Waals surface area (Å²) in [6, 6.07) is 15.2. The number of hydrogen-bond donors (Lipinski definition) is 1. The van der Waals surface area contributed by atoms with Gasteiger partial charge in [-0.25, -0.2) is 0 Å². The zero-order chi connectivity index (χ0) is 16.2. The summed E-state index contributed by atoms with van der Waals surface area (Å²) in [5.74, 6) is 1.18. The molecular weight excluding hydrogens is 308 g/mol. The summed E-state index contributed by atoms with van der Waals surface area (Å²) in [6.07, 6.45) is 0.876. The van der Waals surface area contributed by atoms with E-state index in [0.29, 0.717) is 0 Å². The van der Waals surface area contributed by atoms with E-state index >= 15 is 0 Å². The summed E-state index contributed by atoms with van der Waals surface area (Å²) < 4.78 is 5.15. The molecule has 116 valence electrons. The molecule has 23 heavy (non-hydrogen) atoms. The molecule has 0 spiro atoms. The molecule has 0 saturated heterocycles. The molecule has 2 aromatic rings. The van der Waals surface area contributed by atoms with Crippen LogP contribution in [0.2, 0.25) is 0 Å². The van der Waals surface area contributed by atoms with E-state index in [1.807, 2.05) is 53.9 Å². The van der Waals surface area contributed by atoms with E-state index in [4.69, 9.17) is 10.00 Å². The summed E-state index contributed by atoms with van der Waals surface area (Å²) in [5.41, 5.74) is 1.93. The second-order valence-electron chi connectivity index (χ2n) is 5.43. The van der Waals surface area contributed by atoms with Crippen LogP contribution < -0.4 is 10.1 Å². The number of thiocyanates is 1. The molecule has 0 bridgehead atoms. The molecule has 0 radical (unpaired) electrons. The van der Waals surface area contributed by atoms with Gasteiger partial charge >= 0.3 is 0 Å². The van der Waals surface area contributed by atoms with Crippen LogP contribution in [0.15, 0.2) is 53.4 Å². The fraction of sp³-hybridized carbons (Fsp3) is 0.222. The summed E-state index contributed by atoms with van der Waals surface area (Å²) in [4.78, 5) is 13.2. The highest BCUT2D eigenvalue weighted by molar-refractivity contribution is 8.03. The number of hydrogen-bond acceptors (Lipinski definition) is 4. The second kappa shape index (κ2) is 6.76. The fourth-order valence-electron chi connectivity index (χ4n) is 2.60. The minimum atomic E-state index is 0.0246. The van der Waals surface area contributed by atoms with Gasteiger partial charge in [0.2, 0.25) is 5.91 Å². The average molecular weight is 324 g/mol. The van der Waals surface area contributed by atoms with Gasteiger partial charge in [-0.05, 0) is 66.1 Å². The number of amides is 1. The fourth-order valence-corrected chi connectivity index (χ4v) is 2.98. The molecule has 1 fully saturated rings. The minimum absolute atomic E-state index is 0.0246. The summed E-state index contributed by atoms with van der Waals surface area (Å²) in [7, 11) is 1.64. The Hall–Kier alpha value is -2.45. The lowest BCUT2D eigenvalue weighted by atomic mass is 10.1. The molecule has 2 unspecified atom stereocenters. The maximum atomic E-state index is 12.3. The van der Waals surface area contributed by atoms with Crippen LogP contribution >= 0.6 is 11.8 Å². The van der Waals surface area contributed by atoms with E-state index in [-0.39, 0.29) is 17.7 Å². The van der Waals surface area contributed by atoms with Gasteiger partial charge in [0, 0.05) is 16.5 Å². The van der Waals surface area contributed by atoms with E-state index < -0.39 is 0 Å². The largest absolute Gasteiger partial charge is 0.497 e. The highest BCUT2D eigenvalue weighted by Crippen LogP contribution is 2.48. The van der Waals surface area contributed by atoms with Gasteiger partial charge in [0.1, 0.15) is 11.2 Å². The van der Waals surface area contributed by atoms with Crippen LogP contribution in [0.5, 0.6) is 5.75 Å². The van der Waals surface area contributed by atoms with Gasteiger partial charge in [-0.15, -0.1) is 0 Å². The molecule has 4 nitrogen and oxygen atoms in total. The third-order valence-electron chi connectivity index (χ3n) is 3.96. The van der Waals surface area contributed by atoms with Crippen molar-refractivity contribution >= 4 is 23.4 Å². The zero-order valence-corrected chi connectivity index (χ0v) is 13.5. The third kappa shape index (κ3) is 3.66. The smallest absolute Gasteiger partial charge is 0.228 e. The van der Waals surface area contributed by atoms with Crippen molar-refractivity contribution in [3.8, 4) is 11.2 Å². The summed E-state index contributed by atoms with van der Waals surface area (Å²) >= 11 is 1.10. The number of methoxy groups -OCH3 is 1. The Morgan fingerprint density at radius 2 is 1.91 bits per heavy atom. The van der Waals surface area contributed by atoms with Gasteiger partial charge in [0.05, 0.1) is 7.11 Å². The molecule has 1 saturated carbocycles. The summed E-state index contributed by atoms with van der Waals surface area (Å²) in [6.45, 7) is 0. The SMILES string of the molecule is COc1ccc(C2CC2C(=O)Nc2ccc(SC#N)cc2)cc1. The summed E-state index contributed by atoms with van der Waals surface area (Å²) in [5, 5.41) is 13.6. The van der Waals surface area contributed by atoms with Crippen molar-refractivity contribution < 1.29 is 9.53 Å². The van der Waals surface area contributed by atoms with E-state index in [2.05, 4.69) is 5.32 Å². The first-order valence-electron chi connectivity index (χ1n) is 7.32. The molecule has 0 aromatic heterocycles. The number of carbonyl (C=O) groups excluding carboxylic acids is 1. The van der Waals surface area contributed by atoms with E-state index in [9.17, 15) is 4.79 Å². The Morgan fingerprint density at radius 1 is 1.22 bits per heavy atom. The van der Waals surface area contributed by atoms with Gasteiger partial charge in [-0.1, -0.05) is 12.1 Å². The first-order valence-corrected chi connectivity index (χ1v) is 8.13. The molecule has 5 heteroatoms. The van der Waals surface area contributed by atoms with Gasteiger partial charge in [-0.2, -0.15) is 5.26 Å². The Morgan fingerprint density at radius 3 is 2.52 bits per heavy atom. The molecular formula is C18H16N2O2S. The highest BCUT2D eigenvalue weighted by atomic mass is 32.2. The molecule has 2 atom stereocenters. The lowest BCUT2D eigenvalue weighted by Crippen LogP contribution is -2.14. The van der Waals surface area contributed by atoms with Crippen LogP contribution in [-0.4, -0.2) is 13.0 Å². The van der Waals surface area contributed by atoms with Gasteiger partial charge in [0.25, 0.3) is 0 Å². The number of benzene rings is 2. The molecule has 1 aliphatic carbocycles. The Labute approximate surface area is 139 Å². The van der Waals surface area contributed by atoms with Crippen LogP contribution in [0.4, 0.5) is 5.69 Å². The molecule has 1 aliphatic rings. The third-order valence-corrected chi connectivity index (χ3v) is 4.56. The van der Waals surface area contributed by atoms with Crippen molar-refractivity contribution in [2.45, 2.75) is 17.2 Å². The number of nitrogens with one attached hydrogen (secondary N) is 1. The van der Waals surface area contributed by atoms with Crippen LogP contribution in [0.3, 0.4) is 0 Å². The molecule has 3 rings (SSSR count). The normalized spacial score (nSPS) is 18.8. The first-order chi connectivity index (χ1) is 11.2. The number of ether oxygens (including phenoxy) is 1. The van der Waals surface area contributed by atoms with Crippen LogP contribution in [0.25, 0.3) is 0 Å². The quantitative estimate of drug-likeness (QED) is 0.667. The van der Waals surface area contributed by atoms with Crippen molar-refractivity contribution in [2.75, 3.05) is 12.4 Å². The van der Waals surface area contributed by atoms with Crippen molar-refractivity contribution in [1.29, 1.82) is 5.26 Å². The lowest BCUT2D eigenvalue weighted by molar-refractivity contribution is -0.117. The Balaban J connectivity index is 1.58. The van der Waals surface area contributed by atoms with Crippen LogP contribution in [0, 0.1) is 16.6 Å². The van der Waals surface area contributed by atoms with Crippen molar-refractivity contribution in [3.63, 3.8) is 0 Å². The van der Waals surface area contributed by atoms with Crippen molar-refractivity contribution in [1.82, 2.24) is 0 Å². The monoisotopic (exact) mass is 324 g/mol. The van der Waals surface area contributed by atoms with Crippen LogP contribution in [-0.2, 0) is 4.79 Å². The van der Waals surface area contributed by atoms with E-state index in [1.165, 1.54) is 5.56 Å². The Bertz CT molecular complexity index is 735. The number of rotatable bonds is 5. The van der Waals surface area contributed by atoms with E-state index in [1.54, 1.807) is 7.11 Å². The van der Waals surface area contributed by atoms with Crippen molar-refractivity contribution in [3.05, 3.63) is 54.1 Å². The topological polar surface area (TPSA) is 62.1 Å². The lowest BCUT2D eigenvalue weighted by Gasteiger charge is -2.06. The van der Waals surface area contributed by atoms with Gasteiger partial charge in [-0.3, -0.25) is 4.79 Å². The van der Waals surface area contributed by atoms with Crippen molar-refractivity contribution in [2.24, 2.45) is 5.92 Å². The van der Waals surface area contributed by atoms with Gasteiger partial charge in [0.15, 0.2) is 0 Å². The van der Waals surface area contributed by atoms with Crippen LogP contribution in [0.1, 0.15) is 17.9 Å².